The van der Waals surface area contributed by atoms with E-state index >= 15 is 0 Å². The Balaban J connectivity index is 1.51. The summed E-state index contributed by atoms with van der Waals surface area (Å²) in [5.74, 6) is -0.522. The Morgan fingerprint density at radius 1 is 1.30 bits per heavy atom. The molecular weight excluding hydrogens is 348 g/mol. The molecule has 2 N–H and O–H groups in total. The van der Waals surface area contributed by atoms with Crippen LogP contribution in [0.4, 0.5) is 10.5 Å². The summed E-state index contributed by atoms with van der Waals surface area (Å²) in [5, 5.41) is 2.88. The van der Waals surface area contributed by atoms with Gasteiger partial charge in [-0.1, -0.05) is 0 Å². The first-order valence-electron chi connectivity index (χ1n) is 8.87. The van der Waals surface area contributed by atoms with Crippen LogP contribution in [0, 0.1) is 0 Å². The number of rotatable bonds is 5. The van der Waals surface area contributed by atoms with Crippen molar-refractivity contribution in [3.63, 3.8) is 0 Å². The monoisotopic (exact) mass is 368 g/mol. The highest BCUT2D eigenvalue weighted by Crippen LogP contribution is 2.19. The van der Waals surface area contributed by atoms with Crippen molar-refractivity contribution in [1.29, 1.82) is 0 Å². The molecule has 1 unspecified atom stereocenters. The smallest absolute Gasteiger partial charge is 0.408 e. The second kappa shape index (κ2) is 7.63. The molecule has 0 aliphatic carbocycles. The number of hydrogen-bond donors (Lipinski definition) is 2. The Hall–Kier alpha value is -3.13. The zero-order valence-corrected chi connectivity index (χ0v) is 14.7. The van der Waals surface area contributed by atoms with Crippen LogP contribution < -0.4 is 11.1 Å². The maximum Gasteiger partial charge on any atom is 0.417 e. The minimum absolute atomic E-state index is 0.0442. The first-order chi connectivity index (χ1) is 13.2. The van der Waals surface area contributed by atoms with Crippen molar-refractivity contribution in [2.45, 2.75) is 25.5 Å². The number of carbonyl (C=O) groups excluding carboxylic acids is 1. The quantitative estimate of drug-likeness (QED) is 0.721. The molecule has 0 saturated carbocycles. The lowest BCUT2D eigenvalue weighted by Gasteiger charge is -2.26. The van der Waals surface area contributed by atoms with E-state index in [0.717, 1.165) is 25.0 Å². The molecule has 140 valence electrons. The molecule has 3 aromatic rings. The number of oxazole rings is 1. The second-order valence-corrected chi connectivity index (χ2v) is 6.53. The third-order valence-corrected chi connectivity index (χ3v) is 4.53. The normalized spacial score (nSPS) is 16.5. The van der Waals surface area contributed by atoms with Crippen molar-refractivity contribution in [2.75, 3.05) is 18.5 Å². The molecule has 8 heteroatoms. The van der Waals surface area contributed by atoms with Crippen LogP contribution in [-0.4, -0.2) is 40.2 Å². The van der Waals surface area contributed by atoms with Gasteiger partial charge in [0.05, 0.1) is 11.6 Å². The number of benzene rings is 1. The number of amides is 2. The third-order valence-electron chi connectivity index (χ3n) is 4.53. The Morgan fingerprint density at radius 2 is 2.15 bits per heavy atom. The lowest BCUT2D eigenvalue weighted by Crippen LogP contribution is -2.39. The number of urea groups is 1. The standard InChI is InChI=1S/C19H20N4O4/c24-18(21-14-3-4-16-17(10-14)27-19(25)22-16)23(12-15-2-1-9-26-15)11-13-5-7-20-8-6-13/h3-8,10,15H,1-2,9,11-12H2,(H,21,24)(H,22,25). The molecule has 1 aliphatic rings. The van der Waals surface area contributed by atoms with Gasteiger partial charge in [-0.25, -0.2) is 9.59 Å². The number of pyridine rings is 1. The summed E-state index contributed by atoms with van der Waals surface area (Å²) in [6, 6.07) is 8.58. The van der Waals surface area contributed by atoms with Gasteiger partial charge in [0.15, 0.2) is 5.58 Å². The third kappa shape index (κ3) is 4.17. The van der Waals surface area contributed by atoms with Crippen LogP contribution in [0.25, 0.3) is 11.1 Å². The fourth-order valence-electron chi connectivity index (χ4n) is 3.19. The van der Waals surface area contributed by atoms with E-state index in [-0.39, 0.29) is 12.1 Å². The molecule has 1 fully saturated rings. The van der Waals surface area contributed by atoms with Gasteiger partial charge in [-0.15, -0.1) is 0 Å². The van der Waals surface area contributed by atoms with Crippen LogP contribution in [0.15, 0.2) is 51.9 Å². The van der Waals surface area contributed by atoms with Gasteiger partial charge in [0.25, 0.3) is 0 Å². The van der Waals surface area contributed by atoms with Gasteiger partial charge < -0.3 is 19.4 Å². The highest BCUT2D eigenvalue weighted by Gasteiger charge is 2.23. The second-order valence-electron chi connectivity index (χ2n) is 6.53. The first kappa shape index (κ1) is 17.3. The van der Waals surface area contributed by atoms with E-state index in [0.29, 0.717) is 29.9 Å². The molecule has 8 nitrogen and oxygen atoms in total. The van der Waals surface area contributed by atoms with Gasteiger partial charge in [0.2, 0.25) is 0 Å². The van der Waals surface area contributed by atoms with Crippen LogP contribution in [0.5, 0.6) is 0 Å². The van der Waals surface area contributed by atoms with Gasteiger partial charge in [-0.2, -0.15) is 0 Å². The number of aromatic amines is 1. The number of anilines is 1. The van der Waals surface area contributed by atoms with Crippen LogP contribution in [0.3, 0.4) is 0 Å². The maximum atomic E-state index is 12.9. The summed E-state index contributed by atoms with van der Waals surface area (Å²) in [7, 11) is 0. The Labute approximate surface area is 155 Å². The number of nitrogens with zero attached hydrogens (tertiary/aromatic N) is 2. The predicted molar refractivity (Wildman–Crippen MR) is 99.5 cm³/mol. The number of ether oxygens (including phenoxy) is 1. The zero-order chi connectivity index (χ0) is 18.6. The Kier molecular flexibility index (Phi) is 4.88. The predicted octanol–water partition coefficient (Wildman–Crippen LogP) is 2.73. The zero-order valence-electron chi connectivity index (χ0n) is 14.7. The van der Waals surface area contributed by atoms with Crippen molar-refractivity contribution in [3.8, 4) is 0 Å². The average molecular weight is 368 g/mol. The van der Waals surface area contributed by atoms with Gasteiger partial charge in [0.1, 0.15) is 0 Å². The van der Waals surface area contributed by atoms with Gasteiger partial charge in [0, 0.05) is 43.8 Å². The van der Waals surface area contributed by atoms with E-state index in [1.165, 1.54) is 0 Å². The van der Waals surface area contributed by atoms with Crippen LogP contribution in [-0.2, 0) is 11.3 Å². The lowest BCUT2D eigenvalue weighted by atomic mass is 10.2. The fourth-order valence-corrected chi connectivity index (χ4v) is 3.19. The minimum atomic E-state index is -0.522. The number of fused-ring (bicyclic) bond motifs is 1. The van der Waals surface area contributed by atoms with Crippen molar-refractivity contribution in [1.82, 2.24) is 14.9 Å². The van der Waals surface area contributed by atoms with Crippen molar-refractivity contribution < 1.29 is 13.9 Å². The molecule has 3 heterocycles. The lowest BCUT2D eigenvalue weighted by molar-refractivity contribution is 0.0819. The van der Waals surface area contributed by atoms with E-state index in [9.17, 15) is 9.59 Å². The largest absolute Gasteiger partial charge is 0.417 e. The maximum absolute atomic E-state index is 12.9. The Bertz CT molecular complexity index is 976. The number of carbonyl (C=O) groups is 1. The first-order valence-corrected chi connectivity index (χ1v) is 8.87. The highest BCUT2D eigenvalue weighted by molar-refractivity contribution is 5.91. The molecule has 4 rings (SSSR count). The molecule has 1 atom stereocenters. The van der Waals surface area contributed by atoms with Crippen LogP contribution >= 0.6 is 0 Å². The highest BCUT2D eigenvalue weighted by atomic mass is 16.5. The molecule has 2 aromatic heterocycles. The minimum Gasteiger partial charge on any atom is -0.408 e. The molecule has 2 amide bonds. The van der Waals surface area contributed by atoms with Crippen LogP contribution in [0.1, 0.15) is 18.4 Å². The molecule has 0 bridgehead atoms. The number of hydrogen-bond acceptors (Lipinski definition) is 5. The van der Waals surface area contributed by atoms with E-state index < -0.39 is 5.76 Å². The molecule has 27 heavy (non-hydrogen) atoms. The summed E-state index contributed by atoms with van der Waals surface area (Å²) in [4.78, 5) is 32.5. The van der Waals surface area contributed by atoms with Crippen molar-refractivity contribution in [2.24, 2.45) is 0 Å². The van der Waals surface area contributed by atoms with Gasteiger partial charge in [-0.3, -0.25) is 9.97 Å². The van der Waals surface area contributed by atoms with E-state index in [1.54, 1.807) is 35.5 Å². The summed E-state index contributed by atoms with van der Waals surface area (Å²) in [6.45, 7) is 1.70. The fraction of sp³-hybridized carbons (Fsp3) is 0.316. The summed E-state index contributed by atoms with van der Waals surface area (Å²) in [5.41, 5.74) is 2.54. The molecule has 0 spiro atoms. The number of aromatic nitrogens is 2. The summed E-state index contributed by atoms with van der Waals surface area (Å²) in [6.07, 6.45) is 5.42. The Morgan fingerprint density at radius 3 is 2.93 bits per heavy atom. The van der Waals surface area contributed by atoms with E-state index in [4.69, 9.17) is 9.15 Å². The van der Waals surface area contributed by atoms with E-state index in [2.05, 4.69) is 15.3 Å². The van der Waals surface area contributed by atoms with Crippen molar-refractivity contribution in [3.05, 3.63) is 58.8 Å². The summed E-state index contributed by atoms with van der Waals surface area (Å²) >= 11 is 0. The number of H-pyrrole nitrogens is 1. The molecule has 1 aliphatic heterocycles. The van der Waals surface area contributed by atoms with E-state index in [1.807, 2.05) is 12.1 Å². The summed E-state index contributed by atoms with van der Waals surface area (Å²) < 4.78 is 10.7. The molecule has 0 radical (unpaired) electrons. The SMILES string of the molecule is O=C(Nc1ccc2[nH]c(=O)oc2c1)N(Cc1ccncc1)CC1CCCO1. The molecule has 1 aromatic carbocycles. The van der Waals surface area contributed by atoms with Crippen molar-refractivity contribution >= 4 is 22.8 Å². The number of nitrogens with one attached hydrogen (secondary N) is 2. The van der Waals surface area contributed by atoms with Gasteiger partial charge in [-0.05, 0) is 42.7 Å². The van der Waals surface area contributed by atoms with Gasteiger partial charge >= 0.3 is 11.8 Å². The average Bonchev–Trinajstić information content (AvgIpc) is 3.30. The topological polar surface area (TPSA) is 100 Å². The van der Waals surface area contributed by atoms with Crippen LogP contribution in [0.2, 0.25) is 0 Å². The molecular formula is C19H20N4O4. The molecule has 1 saturated heterocycles.